The molecule has 16 heavy (non-hydrogen) atoms. The lowest BCUT2D eigenvalue weighted by Crippen LogP contribution is -2.32. The highest BCUT2D eigenvalue weighted by Crippen LogP contribution is 2.46. The molecule has 88 valence electrons. The second-order valence-electron chi connectivity index (χ2n) is 5.07. The Morgan fingerprint density at radius 3 is 2.88 bits per heavy atom. The molecule has 2 nitrogen and oxygen atoms in total. The van der Waals surface area contributed by atoms with Crippen molar-refractivity contribution in [2.75, 3.05) is 20.1 Å². The average molecular weight is 236 g/mol. The van der Waals surface area contributed by atoms with E-state index in [0.717, 1.165) is 12.0 Å². The van der Waals surface area contributed by atoms with Crippen LogP contribution < -0.4 is 5.32 Å². The summed E-state index contributed by atoms with van der Waals surface area (Å²) in [7, 11) is 2.09. The van der Waals surface area contributed by atoms with Crippen LogP contribution in [0.3, 0.4) is 0 Å². The van der Waals surface area contributed by atoms with E-state index in [1.165, 1.54) is 32.4 Å². The monoisotopic (exact) mass is 236 g/mol. The highest BCUT2D eigenvalue weighted by molar-refractivity contribution is 7.10. The third-order valence-corrected chi connectivity index (χ3v) is 4.87. The van der Waals surface area contributed by atoms with E-state index in [0.29, 0.717) is 6.04 Å². The van der Waals surface area contributed by atoms with E-state index in [9.17, 15) is 0 Å². The summed E-state index contributed by atoms with van der Waals surface area (Å²) in [6, 6.07) is 5.95. The molecule has 1 saturated carbocycles. The van der Waals surface area contributed by atoms with Crippen molar-refractivity contribution in [2.24, 2.45) is 5.92 Å². The highest BCUT2D eigenvalue weighted by atomic mass is 32.1. The third kappa shape index (κ3) is 2.04. The molecule has 0 amide bonds. The predicted molar refractivity (Wildman–Crippen MR) is 68.8 cm³/mol. The summed E-state index contributed by atoms with van der Waals surface area (Å²) >= 11 is 1.93. The van der Waals surface area contributed by atoms with Crippen molar-refractivity contribution in [1.82, 2.24) is 10.2 Å². The molecule has 3 rings (SSSR count). The van der Waals surface area contributed by atoms with Crippen LogP contribution in [-0.4, -0.2) is 31.1 Å². The number of rotatable bonds is 4. The first kappa shape index (κ1) is 10.8. The first-order valence-corrected chi connectivity index (χ1v) is 7.21. The van der Waals surface area contributed by atoms with Crippen LogP contribution in [-0.2, 0) is 0 Å². The van der Waals surface area contributed by atoms with Crippen molar-refractivity contribution in [3.05, 3.63) is 22.4 Å². The normalized spacial score (nSPS) is 28.4. The van der Waals surface area contributed by atoms with Gasteiger partial charge in [0.15, 0.2) is 0 Å². The smallest absolute Gasteiger partial charge is 0.0470 e. The molecule has 1 aromatic rings. The Morgan fingerprint density at radius 2 is 2.31 bits per heavy atom. The lowest BCUT2D eigenvalue weighted by molar-refractivity contribution is 0.219. The van der Waals surface area contributed by atoms with Crippen LogP contribution >= 0.6 is 11.3 Å². The number of likely N-dealkylation sites (tertiary alicyclic amines) is 1. The van der Waals surface area contributed by atoms with Crippen molar-refractivity contribution in [2.45, 2.75) is 31.3 Å². The first-order chi connectivity index (χ1) is 7.88. The number of nitrogens with zero attached hydrogens (tertiary/aromatic N) is 1. The van der Waals surface area contributed by atoms with Crippen molar-refractivity contribution in [3.8, 4) is 0 Å². The molecule has 0 spiro atoms. The number of thiophene rings is 1. The number of likely N-dealkylation sites (N-methyl/N-ethyl adjacent to an activating group) is 1. The molecule has 2 aliphatic rings. The first-order valence-electron chi connectivity index (χ1n) is 6.33. The molecule has 0 radical (unpaired) electrons. The Labute approximate surface area is 102 Å². The maximum absolute atomic E-state index is 3.42. The van der Waals surface area contributed by atoms with Crippen LogP contribution in [0.2, 0.25) is 0 Å². The van der Waals surface area contributed by atoms with Crippen LogP contribution in [0.1, 0.15) is 30.2 Å². The van der Waals surface area contributed by atoms with Gasteiger partial charge in [0.25, 0.3) is 0 Å². The summed E-state index contributed by atoms with van der Waals surface area (Å²) in [6.07, 6.45) is 4.18. The van der Waals surface area contributed by atoms with Gasteiger partial charge in [0, 0.05) is 30.1 Å². The molecule has 1 aliphatic carbocycles. The maximum atomic E-state index is 3.42. The number of hydrogen-bond donors (Lipinski definition) is 1. The van der Waals surface area contributed by atoms with Gasteiger partial charge in [-0.2, -0.15) is 0 Å². The van der Waals surface area contributed by atoms with Gasteiger partial charge in [-0.15, -0.1) is 11.3 Å². The Morgan fingerprint density at radius 1 is 1.44 bits per heavy atom. The van der Waals surface area contributed by atoms with Crippen LogP contribution in [0.25, 0.3) is 0 Å². The highest BCUT2D eigenvalue weighted by Gasteiger charge is 2.39. The van der Waals surface area contributed by atoms with E-state index < -0.39 is 0 Å². The molecule has 1 saturated heterocycles. The molecule has 2 atom stereocenters. The fourth-order valence-corrected chi connectivity index (χ4v) is 3.81. The largest absolute Gasteiger partial charge is 0.316 e. The molecule has 1 aliphatic heterocycles. The van der Waals surface area contributed by atoms with Gasteiger partial charge >= 0.3 is 0 Å². The molecule has 1 aromatic heterocycles. The van der Waals surface area contributed by atoms with Crippen molar-refractivity contribution in [1.29, 1.82) is 0 Å². The lowest BCUT2D eigenvalue weighted by Gasteiger charge is -2.27. The topological polar surface area (TPSA) is 15.3 Å². The fourth-order valence-electron chi connectivity index (χ4n) is 2.86. The fraction of sp³-hybridized carbons (Fsp3) is 0.692. The summed E-state index contributed by atoms with van der Waals surface area (Å²) in [4.78, 5) is 4.28. The Kier molecular flexibility index (Phi) is 3.01. The standard InChI is InChI=1S/C13H20N2S/c1-14-11-6-7-15(9-11)13(10-4-5-10)12-3-2-8-16-12/h2-3,8,10-11,13-14H,4-7,9H2,1H3. The van der Waals surface area contributed by atoms with Crippen molar-refractivity contribution >= 4 is 11.3 Å². The zero-order valence-corrected chi connectivity index (χ0v) is 10.7. The van der Waals surface area contributed by atoms with Crippen LogP contribution in [0, 0.1) is 5.92 Å². The van der Waals surface area contributed by atoms with Crippen LogP contribution in [0.4, 0.5) is 0 Å². The zero-order chi connectivity index (χ0) is 11.0. The van der Waals surface area contributed by atoms with E-state index in [4.69, 9.17) is 0 Å². The second kappa shape index (κ2) is 4.47. The minimum Gasteiger partial charge on any atom is -0.316 e. The van der Waals surface area contributed by atoms with Gasteiger partial charge in [0.05, 0.1) is 0 Å². The van der Waals surface area contributed by atoms with Gasteiger partial charge in [-0.3, -0.25) is 4.90 Å². The van der Waals surface area contributed by atoms with Gasteiger partial charge in [0.1, 0.15) is 0 Å². The number of nitrogens with one attached hydrogen (secondary N) is 1. The lowest BCUT2D eigenvalue weighted by atomic mass is 10.1. The molecule has 1 N–H and O–H groups in total. The molecule has 2 fully saturated rings. The second-order valence-corrected chi connectivity index (χ2v) is 6.05. The van der Waals surface area contributed by atoms with E-state index in [1.807, 2.05) is 11.3 Å². The van der Waals surface area contributed by atoms with E-state index in [-0.39, 0.29) is 0 Å². The number of hydrogen-bond acceptors (Lipinski definition) is 3. The summed E-state index contributed by atoms with van der Waals surface area (Å²) in [5.41, 5.74) is 0. The summed E-state index contributed by atoms with van der Waals surface area (Å²) in [6.45, 7) is 2.50. The van der Waals surface area contributed by atoms with Gasteiger partial charge in [-0.05, 0) is 43.7 Å². The summed E-state index contributed by atoms with van der Waals surface area (Å²) < 4.78 is 0. The molecule has 0 bridgehead atoms. The molecule has 3 heteroatoms. The van der Waals surface area contributed by atoms with E-state index in [2.05, 4.69) is 34.8 Å². The quantitative estimate of drug-likeness (QED) is 0.864. The van der Waals surface area contributed by atoms with E-state index in [1.54, 1.807) is 4.88 Å². The van der Waals surface area contributed by atoms with Crippen molar-refractivity contribution < 1.29 is 0 Å². The Balaban J connectivity index is 1.74. The Bertz CT molecular complexity index is 332. The van der Waals surface area contributed by atoms with Gasteiger partial charge in [-0.25, -0.2) is 0 Å². The van der Waals surface area contributed by atoms with Crippen molar-refractivity contribution in [3.63, 3.8) is 0 Å². The SMILES string of the molecule is CNC1CCN(C(c2cccs2)C2CC2)C1. The van der Waals surface area contributed by atoms with E-state index >= 15 is 0 Å². The molecule has 0 aromatic carbocycles. The molecular weight excluding hydrogens is 216 g/mol. The maximum Gasteiger partial charge on any atom is 0.0470 e. The van der Waals surface area contributed by atoms with Gasteiger partial charge in [-0.1, -0.05) is 6.07 Å². The summed E-state index contributed by atoms with van der Waals surface area (Å²) in [5, 5.41) is 5.63. The Hall–Kier alpha value is -0.380. The average Bonchev–Trinajstić information content (AvgIpc) is 2.83. The minimum atomic E-state index is 0.709. The van der Waals surface area contributed by atoms with Gasteiger partial charge < -0.3 is 5.32 Å². The van der Waals surface area contributed by atoms with Crippen LogP contribution in [0.5, 0.6) is 0 Å². The van der Waals surface area contributed by atoms with Gasteiger partial charge in [0.2, 0.25) is 0 Å². The molecule has 2 heterocycles. The molecular formula is C13H20N2S. The molecule has 2 unspecified atom stereocenters. The predicted octanol–water partition coefficient (Wildman–Crippen LogP) is 2.49. The third-order valence-electron chi connectivity index (χ3n) is 3.92. The zero-order valence-electron chi connectivity index (χ0n) is 9.86. The van der Waals surface area contributed by atoms with Crippen LogP contribution in [0.15, 0.2) is 17.5 Å². The minimum absolute atomic E-state index is 0.709. The summed E-state index contributed by atoms with van der Waals surface area (Å²) in [5.74, 6) is 0.939.